The Morgan fingerprint density at radius 1 is 1.70 bits per heavy atom. The lowest BCUT2D eigenvalue weighted by molar-refractivity contribution is -0.148. The van der Waals surface area contributed by atoms with E-state index in [-0.39, 0.29) is 25.0 Å². The molecular formula is C15H16BrN3O3S. The van der Waals surface area contributed by atoms with Crippen LogP contribution in [-0.2, 0) is 9.53 Å². The van der Waals surface area contributed by atoms with Crippen LogP contribution in [0, 0.1) is 11.8 Å². The Balaban J connectivity index is 2.17. The monoisotopic (exact) mass is 397 g/mol. The second kappa shape index (κ2) is 8.13. The van der Waals surface area contributed by atoms with Crippen LogP contribution >= 0.6 is 27.3 Å². The van der Waals surface area contributed by atoms with Crippen LogP contribution in [0.1, 0.15) is 19.8 Å². The van der Waals surface area contributed by atoms with Crippen LogP contribution < -0.4 is 4.90 Å². The van der Waals surface area contributed by atoms with E-state index < -0.39 is 6.23 Å². The number of nitrogens with zero attached hydrogens (tertiary/aromatic N) is 3. The largest absolute Gasteiger partial charge is 0.439 e. The summed E-state index contributed by atoms with van der Waals surface area (Å²) in [4.78, 5) is 31.6. The van der Waals surface area contributed by atoms with Crippen LogP contribution in [0.5, 0.6) is 0 Å². The van der Waals surface area contributed by atoms with Gasteiger partial charge in [-0.05, 0) is 29.3 Å². The van der Waals surface area contributed by atoms with E-state index in [0.29, 0.717) is 18.1 Å². The molecule has 6 nitrogen and oxygen atoms in total. The molecule has 1 unspecified atom stereocenters. The summed E-state index contributed by atoms with van der Waals surface area (Å²) in [5.41, 5.74) is 0. The van der Waals surface area contributed by atoms with E-state index in [1.165, 1.54) is 21.1 Å². The summed E-state index contributed by atoms with van der Waals surface area (Å²) in [6.45, 7) is 5.85. The molecule has 0 aromatic carbocycles. The lowest BCUT2D eigenvalue weighted by Gasteiger charge is -2.20. The van der Waals surface area contributed by atoms with Gasteiger partial charge in [-0.3, -0.25) is 4.79 Å². The number of anilines is 1. The first-order valence-electron chi connectivity index (χ1n) is 6.96. The highest BCUT2D eigenvalue weighted by Gasteiger charge is 2.41. The lowest BCUT2D eigenvalue weighted by Crippen LogP contribution is -2.37. The maximum absolute atomic E-state index is 12.6. The zero-order chi connectivity index (χ0) is 16.8. The Hall–Kier alpha value is -1.85. The molecule has 0 aliphatic carbocycles. The van der Waals surface area contributed by atoms with E-state index in [1.54, 1.807) is 19.2 Å². The molecule has 0 bridgehead atoms. The van der Waals surface area contributed by atoms with Crippen molar-refractivity contribution >= 4 is 44.4 Å². The molecule has 0 radical (unpaired) electrons. The summed E-state index contributed by atoms with van der Waals surface area (Å²) >= 11 is 4.63. The minimum absolute atomic E-state index is 0.234. The minimum atomic E-state index is -0.698. The first kappa shape index (κ1) is 17.5. The van der Waals surface area contributed by atoms with Gasteiger partial charge in [0.05, 0.1) is 23.1 Å². The summed E-state index contributed by atoms with van der Waals surface area (Å²) in [6, 6.07) is -0.267. The number of allylic oxidation sites excluding steroid dienone is 1. The van der Waals surface area contributed by atoms with Gasteiger partial charge < -0.3 is 9.64 Å². The van der Waals surface area contributed by atoms with Crippen molar-refractivity contribution in [3.63, 3.8) is 0 Å². The van der Waals surface area contributed by atoms with E-state index in [9.17, 15) is 9.59 Å². The van der Waals surface area contributed by atoms with Crippen molar-refractivity contribution in [2.75, 3.05) is 18.0 Å². The number of amides is 2. The molecule has 0 saturated carbocycles. The number of urea groups is 1. The number of carbonyl (C=O) groups is 2. The van der Waals surface area contributed by atoms with Gasteiger partial charge in [0.2, 0.25) is 6.23 Å². The number of rotatable bonds is 6. The molecule has 2 heterocycles. The van der Waals surface area contributed by atoms with E-state index in [0.717, 1.165) is 3.79 Å². The number of aromatic nitrogens is 1. The van der Waals surface area contributed by atoms with Gasteiger partial charge in [-0.2, -0.15) is 0 Å². The fourth-order valence-corrected chi connectivity index (χ4v) is 3.23. The SMILES string of the molecule is C=CCCC(=O)OC1CN(CC#CC)C(=O)N1c1ncc(Br)s1. The van der Waals surface area contributed by atoms with Crippen LogP contribution in [0.3, 0.4) is 0 Å². The highest BCUT2D eigenvalue weighted by Crippen LogP contribution is 2.32. The third kappa shape index (κ3) is 4.33. The van der Waals surface area contributed by atoms with Crippen molar-refractivity contribution in [3.8, 4) is 11.8 Å². The molecule has 1 aliphatic heterocycles. The molecule has 1 aliphatic rings. The third-order valence-corrected chi connectivity index (χ3v) is 4.55. The normalized spacial score (nSPS) is 17.0. The van der Waals surface area contributed by atoms with E-state index in [1.807, 2.05) is 0 Å². The average molecular weight is 398 g/mol. The zero-order valence-electron chi connectivity index (χ0n) is 12.6. The maximum Gasteiger partial charge on any atom is 0.330 e. The van der Waals surface area contributed by atoms with Crippen molar-refractivity contribution in [1.82, 2.24) is 9.88 Å². The third-order valence-electron chi connectivity index (χ3n) is 3.08. The van der Waals surface area contributed by atoms with Gasteiger partial charge >= 0.3 is 12.0 Å². The molecule has 2 rings (SSSR count). The summed E-state index contributed by atoms with van der Waals surface area (Å²) in [6.07, 6.45) is 3.33. The van der Waals surface area contributed by atoms with Gasteiger partial charge in [-0.1, -0.05) is 23.3 Å². The number of halogens is 1. The first-order valence-corrected chi connectivity index (χ1v) is 8.57. The molecule has 2 amide bonds. The Morgan fingerprint density at radius 3 is 3.09 bits per heavy atom. The average Bonchev–Trinajstić information content (AvgIpc) is 3.06. The van der Waals surface area contributed by atoms with Gasteiger partial charge in [0.25, 0.3) is 0 Å². The fourth-order valence-electron chi connectivity index (χ4n) is 2.01. The number of hydrogen-bond donors (Lipinski definition) is 0. The fraction of sp³-hybridized carbons (Fsp3) is 0.400. The Kier molecular flexibility index (Phi) is 6.19. The van der Waals surface area contributed by atoms with Gasteiger partial charge in [0, 0.05) is 6.42 Å². The van der Waals surface area contributed by atoms with Gasteiger partial charge in [0.15, 0.2) is 5.13 Å². The smallest absolute Gasteiger partial charge is 0.330 e. The zero-order valence-corrected chi connectivity index (χ0v) is 15.0. The number of esters is 1. The van der Waals surface area contributed by atoms with Crippen LogP contribution in [0.15, 0.2) is 22.6 Å². The van der Waals surface area contributed by atoms with Crippen molar-refractivity contribution in [1.29, 1.82) is 0 Å². The topological polar surface area (TPSA) is 62.7 Å². The second-order valence-corrected chi connectivity index (χ2v) is 7.07. The number of carbonyl (C=O) groups excluding carboxylic acids is 2. The Morgan fingerprint density at radius 2 is 2.48 bits per heavy atom. The predicted molar refractivity (Wildman–Crippen MR) is 92.0 cm³/mol. The first-order chi connectivity index (χ1) is 11.1. The van der Waals surface area contributed by atoms with Crippen LogP contribution in [-0.4, -0.2) is 41.2 Å². The molecule has 1 aromatic heterocycles. The lowest BCUT2D eigenvalue weighted by atomic mass is 10.3. The molecule has 0 N–H and O–H groups in total. The summed E-state index contributed by atoms with van der Waals surface area (Å²) in [7, 11) is 0. The molecule has 8 heteroatoms. The summed E-state index contributed by atoms with van der Waals surface area (Å²) in [5.74, 6) is 5.24. The van der Waals surface area contributed by atoms with Gasteiger partial charge in [-0.25, -0.2) is 14.7 Å². The predicted octanol–water partition coefficient (Wildman–Crippen LogP) is 3.01. The quantitative estimate of drug-likeness (QED) is 0.420. The highest BCUT2D eigenvalue weighted by atomic mass is 79.9. The summed E-state index contributed by atoms with van der Waals surface area (Å²) < 4.78 is 6.25. The summed E-state index contributed by atoms with van der Waals surface area (Å²) in [5, 5.41) is 0.482. The molecule has 1 fully saturated rings. The molecule has 1 aromatic rings. The van der Waals surface area contributed by atoms with Crippen molar-refractivity contribution in [2.24, 2.45) is 0 Å². The van der Waals surface area contributed by atoms with Crippen molar-refractivity contribution in [3.05, 3.63) is 22.6 Å². The molecule has 1 atom stereocenters. The Labute approximate surface area is 147 Å². The van der Waals surface area contributed by atoms with Crippen molar-refractivity contribution < 1.29 is 14.3 Å². The van der Waals surface area contributed by atoms with E-state index in [4.69, 9.17) is 4.74 Å². The molecule has 23 heavy (non-hydrogen) atoms. The van der Waals surface area contributed by atoms with Crippen LogP contribution in [0.25, 0.3) is 0 Å². The van der Waals surface area contributed by atoms with Crippen molar-refractivity contribution in [2.45, 2.75) is 26.0 Å². The van der Waals surface area contributed by atoms with Gasteiger partial charge in [0.1, 0.15) is 0 Å². The van der Waals surface area contributed by atoms with Gasteiger partial charge in [-0.15, -0.1) is 12.5 Å². The standard InChI is InChI=1S/C15H16BrN3O3S/c1-3-5-7-13(20)22-12-10-18(8-6-4-2)15(21)19(12)14-17-9-11(16)23-14/h3,9,12H,1,5,7-8,10H2,2H3. The molecule has 1 saturated heterocycles. The molecule has 122 valence electrons. The number of hydrogen-bond acceptors (Lipinski definition) is 5. The Bertz CT molecular complexity index is 664. The molecular weight excluding hydrogens is 382 g/mol. The van der Waals surface area contributed by atoms with Crippen LogP contribution in [0.2, 0.25) is 0 Å². The maximum atomic E-state index is 12.6. The van der Waals surface area contributed by atoms with E-state index in [2.05, 4.69) is 39.3 Å². The highest BCUT2D eigenvalue weighted by molar-refractivity contribution is 9.11. The van der Waals surface area contributed by atoms with E-state index >= 15 is 0 Å². The van der Waals surface area contributed by atoms with Crippen LogP contribution in [0.4, 0.5) is 9.93 Å². The number of ether oxygens (including phenoxy) is 1. The molecule has 0 spiro atoms. The second-order valence-electron chi connectivity index (χ2n) is 4.68. The minimum Gasteiger partial charge on any atom is -0.439 e. The number of thiazole rings is 1.